The van der Waals surface area contributed by atoms with Gasteiger partial charge < -0.3 is 4.74 Å². The number of aryl methyl sites for hydroxylation is 1. The second-order valence-corrected chi connectivity index (χ2v) is 5.29. The highest BCUT2D eigenvalue weighted by Gasteiger charge is 2.38. The number of alkyl halides is 6. The van der Waals surface area contributed by atoms with Crippen LogP contribution in [0.3, 0.4) is 0 Å². The lowest BCUT2D eigenvalue weighted by Crippen LogP contribution is -2.14. The van der Waals surface area contributed by atoms with E-state index in [2.05, 4.69) is 0 Å². The van der Waals surface area contributed by atoms with Gasteiger partial charge in [0.05, 0.1) is 11.1 Å². The lowest BCUT2D eigenvalue weighted by Gasteiger charge is -2.16. The van der Waals surface area contributed by atoms with E-state index in [1.54, 1.807) is 6.92 Å². The van der Waals surface area contributed by atoms with E-state index in [0.717, 1.165) is 6.07 Å². The maximum atomic E-state index is 13.0. The van der Waals surface area contributed by atoms with Crippen LogP contribution in [-0.2, 0) is 19.0 Å². The summed E-state index contributed by atoms with van der Waals surface area (Å²) in [6.07, 6.45) is -9.20. The van der Waals surface area contributed by atoms with E-state index in [0.29, 0.717) is 23.5 Å². The molecule has 8 heteroatoms. The Morgan fingerprint density at radius 2 is 1.64 bits per heavy atom. The highest BCUT2D eigenvalue weighted by molar-refractivity contribution is 5.77. The summed E-state index contributed by atoms with van der Waals surface area (Å²) in [5.74, 6) is 0.205. The molecule has 25 heavy (non-hydrogen) atoms. The Morgan fingerprint density at radius 3 is 2.16 bits per heavy atom. The number of aldehydes is 1. The van der Waals surface area contributed by atoms with Gasteiger partial charge in [0.15, 0.2) is 0 Å². The molecule has 2 nitrogen and oxygen atoms in total. The molecule has 2 aromatic carbocycles. The van der Waals surface area contributed by atoms with E-state index < -0.39 is 35.6 Å². The zero-order valence-corrected chi connectivity index (χ0v) is 12.8. The van der Waals surface area contributed by atoms with Crippen LogP contribution in [-0.4, -0.2) is 6.29 Å². The maximum Gasteiger partial charge on any atom is 0.416 e. The molecule has 0 bridgehead atoms. The predicted octanol–water partition coefficient (Wildman–Crippen LogP) is 5.42. The lowest BCUT2D eigenvalue weighted by molar-refractivity contribution is -0.143. The van der Waals surface area contributed by atoms with Crippen molar-refractivity contribution < 1.29 is 35.9 Å². The molecule has 0 aliphatic rings. The first-order chi connectivity index (χ1) is 11.5. The molecule has 0 aromatic heterocycles. The van der Waals surface area contributed by atoms with Crippen molar-refractivity contribution >= 4 is 6.29 Å². The molecule has 0 saturated heterocycles. The molecule has 2 rings (SSSR count). The molecule has 0 amide bonds. The van der Waals surface area contributed by atoms with Crippen molar-refractivity contribution in [2.75, 3.05) is 0 Å². The van der Waals surface area contributed by atoms with Crippen LogP contribution >= 0.6 is 0 Å². The summed E-state index contributed by atoms with van der Waals surface area (Å²) in [7, 11) is 0. The standard InChI is InChI=1S/C17H12F6O2/c1-10-6-14(5-3-11(10)8-24)25-9-12-2-4-13(16(18,19)20)7-15(12)17(21,22)23/h2-8H,9H2,1H3. The zero-order valence-electron chi connectivity index (χ0n) is 12.8. The fourth-order valence-electron chi connectivity index (χ4n) is 2.17. The molecule has 0 fully saturated rings. The number of carbonyl (C=O) groups excluding carboxylic acids is 1. The van der Waals surface area contributed by atoms with Crippen LogP contribution in [0.2, 0.25) is 0 Å². The SMILES string of the molecule is Cc1cc(OCc2ccc(C(F)(F)F)cc2C(F)(F)F)ccc1C=O. The molecule has 0 N–H and O–H groups in total. The number of hydrogen-bond acceptors (Lipinski definition) is 2. The van der Waals surface area contributed by atoms with Gasteiger partial charge in [0.2, 0.25) is 0 Å². The molecular weight excluding hydrogens is 350 g/mol. The van der Waals surface area contributed by atoms with Crippen molar-refractivity contribution in [3.8, 4) is 5.75 Å². The third kappa shape index (κ3) is 4.52. The Morgan fingerprint density at radius 1 is 0.960 bits per heavy atom. The van der Waals surface area contributed by atoms with Crippen LogP contribution in [0.15, 0.2) is 36.4 Å². The van der Waals surface area contributed by atoms with Crippen molar-refractivity contribution in [1.82, 2.24) is 0 Å². The van der Waals surface area contributed by atoms with Crippen LogP contribution in [0.4, 0.5) is 26.3 Å². The average molecular weight is 362 g/mol. The summed E-state index contributed by atoms with van der Waals surface area (Å²) in [4.78, 5) is 10.7. The smallest absolute Gasteiger partial charge is 0.416 e. The van der Waals surface area contributed by atoms with Gasteiger partial charge in [-0.05, 0) is 42.8 Å². The van der Waals surface area contributed by atoms with Crippen LogP contribution < -0.4 is 4.74 Å². The summed E-state index contributed by atoms with van der Waals surface area (Å²) in [6.45, 7) is 1.06. The molecule has 0 spiro atoms. The fraction of sp³-hybridized carbons (Fsp3) is 0.235. The minimum absolute atomic E-state index is 0.0689. The summed E-state index contributed by atoms with van der Waals surface area (Å²) in [5.41, 5.74) is -2.23. The van der Waals surface area contributed by atoms with E-state index in [1.807, 2.05) is 0 Å². The fourth-order valence-corrected chi connectivity index (χ4v) is 2.17. The summed E-state index contributed by atoms with van der Waals surface area (Å²) in [6, 6.07) is 5.69. The number of ether oxygens (including phenoxy) is 1. The zero-order chi connectivity index (χ0) is 18.8. The summed E-state index contributed by atoms with van der Waals surface area (Å²) in [5, 5.41) is 0. The second kappa shape index (κ2) is 6.78. The molecule has 2 aromatic rings. The first kappa shape index (κ1) is 18.8. The largest absolute Gasteiger partial charge is 0.489 e. The van der Waals surface area contributed by atoms with Crippen LogP contribution in [0.25, 0.3) is 0 Å². The minimum Gasteiger partial charge on any atom is -0.489 e. The molecular formula is C17H12F6O2. The number of benzene rings is 2. The molecule has 0 aliphatic carbocycles. The van der Waals surface area contributed by atoms with E-state index in [1.165, 1.54) is 18.2 Å². The highest BCUT2D eigenvalue weighted by atomic mass is 19.4. The maximum absolute atomic E-state index is 13.0. The van der Waals surface area contributed by atoms with Crippen molar-refractivity contribution in [3.05, 3.63) is 64.2 Å². The third-order valence-corrected chi connectivity index (χ3v) is 3.51. The molecule has 0 heterocycles. The van der Waals surface area contributed by atoms with E-state index in [9.17, 15) is 31.1 Å². The topological polar surface area (TPSA) is 26.3 Å². The van der Waals surface area contributed by atoms with E-state index in [4.69, 9.17) is 4.74 Å². The molecule has 134 valence electrons. The van der Waals surface area contributed by atoms with Gasteiger partial charge in [-0.3, -0.25) is 4.79 Å². The van der Waals surface area contributed by atoms with Crippen molar-refractivity contribution in [2.24, 2.45) is 0 Å². The first-order valence-corrected chi connectivity index (χ1v) is 6.98. The van der Waals surface area contributed by atoms with Gasteiger partial charge in [0.1, 0.15) is 18.6 Å². The average Bonchev–Trinajstić information content (AvgIpc) is 2.51. The van der Waals surface area contributed by atoms with Crippen molar-refractivity contribution in [3.63, 3.8) is 0 Å². The quantitative estimate of drug-likeness (QED) is 0.536. The van der Waals surface area contributed by atoms with Gasteiger partial charge in [0.25, 0.3) is 0 Å². The summed E-state index contributed by atoms with van der Waals surface area (Å²) < 4.78 is 82.2. The van der Waals surface area contributed by atoms with Crippen molar-refractivity contribution in [1.29, 1.82) is 0 Å². The van der Waals surface area contributed by atoms with E-state index >= 15 is 0 Å². The predicted molar refractivity (Wildman–Crippen MR) is 77.3 cm³/mol. The van der Waals surface area contributed by atoms with Gasteiger partial charge >= 0.3 is 12.4 Å². The number of hydrogen-bond donors (Lipinski definition) is 0. The molecule has 0 atom stereocenters. The Balaban J connectivity index is 2.30. The van der Waals surface area contributed by atoms with Gasteiger partial charge in [-0.15, -0.1) is 0 Å². The molecule has 0 saturated carbocycles. The Labute approximate surface area is 139 Å². The normalized spacial score (nSPS) is 12.1. The van der Waals surface area contributed by atoms with Crippen LogP contribution in [0.5, 0.6) is 5.75 Å². The first-order valence-electron chi connectivity index (χ1n) is 6.98. The Hall–Kier alpha value is -2.51. The lowest BCUT2D eigenvalue weighted by atomic mass is 10.0. The van der Waals surface area contributed by atoms with Gasteiger partial charge in [0, 0.05) is 11.1 Å². The van der Waals surface area contributed by atoms with E-state index in [-0.39, 0.29) is 11.8 Å². The van der Waals surface area contributed by atoms with Gasteiger partial charge in [-0.25, -0.2) is 0 Å². The summed E-state index contributed by atoms with van der Waals surface area (Å²) >= 11 is 0. The molecule has 0 aliphatic heterocycles. The van der Waals surface area contributed by atoms with Crippen LogP contribution in [0.1, 0.15) is 32.6 Å². The Kier molecular flexibility index (Phi) is 5.10. The van der Waals surface area contributed by atoms with Crippen molar-refractivity contribution in [2.45, 2.75) is 25.9 Å². The minimum atomic E-state index is -4.95. The number of carbonyl (C=O) groups is 1. The number of rotatable bonds is 4. The molecule has 0 unspecified atom stereocenters. The molecule has 0 radical (unpaired) electrons. The van der Waals surface area contributed by atoms with Gasteiger partial charge in [-0.2, -0.15) is 26.3 Å². The highest BCUT2D eigenvalue weighted by Crippen LogP contribution is 2.37. The monoisotopic (exact) mass is 362 g/mol. The number of halogens is 6. The second-order valence-electron chi connectivity index (χ2n) is 5.29. The van der Waals surface area contributed by atoms with Crippen LogP contribution in [0, 0.1) is 6.92 Å². The third-order valence-electron chi connectivity index (χ3n) is 3.51. The Bertz CT molecular complexity index is 778. The van der Waals surface area contributed by atoms with Gasteiger partial charge in [-0.1, -0.05) is 6.07 Å².